The van der Waals surface area contributed by atoms with Crippen molar-refractivity contribution in [3.05, 3.63) is 54.2 Å². The summed E-state index contributed by atoms with van der Waals surface area (Å²) in [5.74, 6) is 1.92. The van der Waals surface area contributed by atoms with E-state index in [-0.39, 0.29) is 0 Å². The summed E-state index contributed by atoms with van der Waals surface area (Å²) >= 11 is 0. The van der Waals surface area contributed by atoms with E-state index in [1.54, 1.807) is 26.6 Å². The number of hydrogen-bond donors (Lipinski definition) is 1. The van der Waals surface area contributed by atoms with Crippen LogP contribution in [0, 0.1) is 0 Å². The lowest BCUT2D eigenvalue weighted by atomic mass is 10.2. The second-order valence-electron chi connectivity index (χ2n) is 4.69. The number of ether oxygens (including phenoxy) is 2. The van der Waals surface area contributed by atoms with Crippen molar-refractivity contribution in [2.24, 2.45) is 5.10 Å². The highest BCUT2D eigenvalue weighted by atomic mass is 16.5. The lowest BCUT2D eigenvalue weighted by Gasteiger charge is -2.09. The zero-order valence-electron chi connectivity index (χ0n) is 12.9. The Labute approximate surface area is 133 Å². The molecule has 6 heteroatoms. The second-order valence-corrected chi connectivity index (χ2v) is 4.69. The molecule has 1 aromatic heterocycles. The minimum absolute atomic E-state index is 0.564. The Balaban J connectivity index is 1.83. The molecule has 0 aliphatic carbocycles. The van der Waals surface area contributed by atoms with E-state index >= 15 is 0 Å². The predicted octanol–water partition coefficient (Wildman–Crippen LogP) is 3.09. The first-order chi connectivity index (χ1) is 11.3. The van der Waals surface area contributed by atoms with Crippen LogP contribution in [0.4, 0.5) is 5.82 Å². The van der Waals surface area contributed by atoms with E-state index in [1.807, 2.05) is 42.5 Å². The van der Waals surface area contributed by atoms with Crippen LogP contribution in [-0.4, -0.2) is 30.4 Å². The number of nitrogens with one attached hydrogen (secondary N) is 1. The minimum atomic E-state index is 0.564. The van der Waals surface area contributed by atoms with Crippen molar-refractivity contribution in [2.75, 3.05) is 19.6 Å². The van der Waals surface area contributed by atoms with E-state index in [1.165, 1.54) is 0 Å². The number of methoxy groups -OCH3 is 2. The van der Waals surface area contributed by atoms with Gasteiger partial charge in [0.1, 0.15) is 11.5 Å². The summed E-state index contributed by atoms with van der Waals surface area (Å²) in [6, 6.07) is 13.2. The molecule has 116 valence electrons. The summed E-state index contributed by atoms with van der Waals surface area (Å²) < 4.78 is 10.6. The van der Waals surface area contributed by atoms with Crippen LogP contribution in [0.2, 0.25) is 0 Å². The van der Waals surface area contributed by atoms with E-state index in [9.17, 15) is 0 Å². The van der Waals surface area contributed by atoms with Crippen molar-refractivity contribution in [1.82, 2.24) is 9.97 Å². The van der Waals surface area contributed by atoms with Crippen molar-refractivity contribution < 1.29 is 9.47 Å². The van der Waals surface area contributed by atoms with Gasteiger partial charge in [0, 0.05) is 0 Å². The van der Waals surface area contributed by atoms with Crippen LogP contribution in [0.15, 0.2) is 53.8 Å². The molecule has 0 radical (unpaired) electrons. The van der Waals surface area contributed by atoms with Crippen molar-refractivity contribution in [1.29, 1.82) is 0 Å². The average molecular weight is 308 g/mol. The van der Waals surface area contributed by atoms with E-state index < -0.39 is 0 Å². The first-order valence-corrected chi connectivity index (χ1v) is 7.03. The van der Waals surface area contributed by atoms with Crippen molar-refractivity contribution in [2.45, 2.75) is 0 Å². The molecule has 3 aromatic rings. The van der Waals surface area contributed by atoms with Crippen LogP contribution in [0.1, 0.15) is 5.56 Å². The largest absolute Gasteiger partial charge is 0.496 e. The van der Waals surface area contributed by atoms with Gasteiger partial charge in [0.15, 0.2) is 5.82 Å². The monoisotopic (exact) mass is 308 g/mol. The second kappa shape index (κ2) is 6.74. The normalized spacial score (nSPS) is 10.9. The number of hydrazone groups is 1. The number of anilines is 1. The standard InChI is InChI=1S/C17H16N4O2/c1-22-15-8-5-9-16(23-2)12(15)10-19-21-17-11-18-13-6-3-4-7-14(13)20-17/h3-11H,1-2H3,(H,20,21)/b19-10+. The molecular weight excluding hydrogens is 292 g/mol. The Bertz CT molecular complexity index is 827. The van der Waals surface area contributed by atoms with Gasteiger partial charge in [0.25, 0.3) is 0 Å². The van der Waals surface area contributed by atoms with Crippen molar-refractivity contribution in [3.8, 4) is 11.5 Å². The first kappa shape index (κ1) is 14.8. The number of hydrogen-bond acceptors (Lipinski definition) is 6. The van der Waals surface area contributed by atoms with Crippen LogP contribution in [0.5, 0.6) is 11.5 Å². The molecule has 6 nitrogen and oxygen atoms in total. The molecule has 0 saturated carbocycles. The molecule has 0 saturated heterocycles. The maximum absolute atomic E-state index is 5.32. The summed E-state index contributed by atoms with van der Waals surface area (Å²) in [6.07, 6.45) is 3.27. The highest BCUT2D eigenvalue weighted by Crippen LogP contribution is 2.26. The fourth-order valence-electron chi connectivity index (χ4n) is 2.18. The molecule has 1 N–H and O–H groups in total. The molecule has 0 atom stereocenters. The van der Waals surface area contributed by atoms with Gasteiger partial charge in [-0.3, -0.25) is 10.4 Å². The number of para-hydroxylation sites is 2. The summed E-state index contributed by atoms with van der Waals surface area (Å²) in [6.45, 7) is 0. The zero-order valence-corrected chi connectivity index (χ0v) is 12.9. The fraction of sp³-hybridized carbons (Fsp3) is 0.118. The molecular formula is C17H16N4O2. The number of aromatic nitrogens is 2. The van der Waals surface area contributed by atoms with Crippen LogP contribution >= 0.6 is 0 Å². The number of nitrogens with zero attached hydrogens (tertiary/aromatic N) is 3. The van der Waals surface area contributed by atoms with Gasteiger partial charge in [0.05, 0.1) is 43.2 Å². The molecule has 0 bridgehead atoms. The van der Waals surface area contributed by atoms with Gasteiger partial charge in [-0.2, -0.15) is 5.10 Å². The molecule has 1 heterocycles. The van der Waals surface area contributed by atoms with Gasteiger partial charge in [-0.25, -0.2) is 4.98 Å². The molecule has 0 aliphatic heterocycles. The molecule has 0 unspecified atom stereocenters. The van der Waals surface area contributed by atoms with E-state index in [4.69, 9.17) is 9.47 Å². The molecule has 23 heavy (non-hydrogen) atoms. The lowest BCUT2D eigenvalue weighted by molar-refractivity contribution is 0.393. The van der Waals surface area contributed by atoms with Gasteiger partial charge in [-0.1, -0.05) is 18.2 Å². The Kier molecular flexibility index (Phi) is 4.33. The van der Waals surface area contributed by atoms with Gasteiger partial charge in [-0.05, 0) is 24.3 Å². The van der Waals surface area contributed by atoms with E-state index in [0.717, 1.165) is 16.6 Å². The summed E-state index contributed by atoms with van der Waals surface area (Å²) in [7, 11) is 3.21. The molecule has 0 amide bonds. The van der Waals surface area contributed by atoms with Crippen molar-refractivity contribution >= 4 is 23.1 Å². The number of benzene rings is 2. The van der Waals surface area contributed by atoms with Crippen LogP contribution in [0.25, 0.3) is 11.0 Å². The summed E-state index contributed by atoms with van der Waals surface area (Å²) in [5, 5.41) is 4.20. The summed E-state index contributed by atoms with van der Waals surface area (Å²) in [5.41, 5.74) is 5.27. The van der Waals surface area contributed by atoms with Gasteiger partial charge in [0.2, 0.25) is 0 Å². The van der Waals surface area contributed by atoms with E-state index in [0.29, 0.717) is 17.3 Å². The Morgan fingerprint density at radius 1 is 0.957 bits per heavy atom. The number of rotatable bonds is 5. The van der Waals surface area contributed by atoms with Crippen LogP contribution in [0.3, 0.4) is 0 Å². The Morgan fingerprint density at radius 3 is 2.35 bits per heavy atom. The smallest absolute Gasteiger partial charge is 0.165 e. The highest BCUT2D eigenvalue weighted by Gasteiger charge is 2.07. The van der Waals surface area contributed by atoms with Crippen molar-refractivity contribution in [3.63, 3.8) is 0 Å². The fourth-order valence-corrected chi connectivity index (χ4v) is 2.18. The Hall–Kier alpha value is -3.15. The lowest BCUT2D eigenvalue weighted by Crippen LogP contribution is -1.99. The Morgan fingerprint density at radius 2 is 1.65 bits per heavy atom. The van der Waals surface area contributed by atoms with Gasteiger partial charge in [-0.15, -0.1) is 0 Å². The average Bonchev–Trinajstić information content (AvgIpc) is 2.61. The summed E-state index contributed by atoms with van der Waals surface area (Å²) in [4.78, 5) is 8.77. The van der Waals surface area contributed by atoms with E-state index in [2.05, 4.69) is 20.5 Å². The van der Waals surface area contributed by atoms with Gasteiger partial charge >= 0.3 is 0 Å². The molecule has 0 aliphatic rings. The zero-order chi connectivity index (χ0) is 16.1. The maximum atomic E-state index is 5.32. The molecule has 0 spiro atoms. The molecule has 0 fully saturated rings. The highest BCUT2D eigenvalue weighted by molar-refractivity contribution is 5.87. The maximum Gasteiger partial charge on any atom is 0.165 e. The van der Waals surface area contributed by atoms with Gasteiger partial charge < -0.3 is 9.47 Å². The predicted molar refractivity (Wildman–Crippen MR) is 90.3 cm³/mol. The third-order valence-electron chi connectivity index (χ3n) is 3.29. The molecule has 3 rings (SSSR count). The third kappa shape index (κ3) is 3.21. The van der Waals surface area contributed by atoms with Crippen LogP contribution < -0.4 is 14.9 Å². The number of fused-ring (bicyclic) bond motifs is 1. The minimum Gasteiger partial charge on any atom is -0.496 e. The quantitative estimate of drug-likeness (QED) is 0.579. The third-order valence-corrected chi connectivity index (χ3v) is 3.29. The van der Waals surface area contributed by atoms with Crippen LogP contribution in [-0.2, 0) is 0 Å². The molecule has 2 aromatic carbocycles. The SMILES string of the molecule is COc1cccc(OC)c1/C=N/Nc1cnc2ccccc2n1. The topological polar surface area (TPSA) is 68.6 Å². The first-order valence-electron chi connectivity index (χ1n) is 7.03.